The molecule has 1 fully saturated rings. The molecule has 0 aromatic heterocycles. The standard InChI is InChI=1S/C12H14N4O3/c13-6-9-2-1-3-11(12(9)16(17)18)15-8-10-7-14-4-5-19-10/h1-3,10,14-15H,4-5,7-8H2. The lowest BCUT2D eigenvalue weighted by atomic mass is 10.1. The summed E-state index contributed by atoms with van der Waals surface area (Å²) in [5.41, 5.74) is 0.213. The molecule has 0 bridgehead atoms. The Morgan fingerprint density at radius 2 is 2.47 bits per heavy atom. The zero-order valence-corrected chi connectivity index (χ0v) is 10.3. The highest BCUT2D eigenvalue weighted by Gasteiger charge is 2.20. The molecule has 100 valence electrons. The normalized spacial score (nSPS) is 18.6. The number of hydrogen-bond donors (Lipinski definition) is 2. The number of nitro benzene ring substituents is 1. The van der Waals surface area contributed by atoms with Gasteiger partial charge in [-0.15, -0.1) is 0 Å². The predicted molar refractivity (Wildman–Crippen MR) is 68.9 cm³/mol. The Balaban J connectivity index is 2.11. The van der Waals surface area contributed by atoms with Gasteiger partial charge in [0, 0.05) is 19.6 Å². The molecule has 1 aromatic rings. The van der Waals surface area contributed by atoms with Crippen molar-refractivity contribution in [3.8, 4) is 6.07 Å². The van der Waals surface area contributed by atoms with Crippen LogP contribution in [0.2, 0.25) is 0 Å². The van der Waals surface area contributed by atoms with Gasteiger partial charge in [0.2, 0.25) is 0 Å². The molecule has 1 aliphatic heterocycles. The minimum Gasteiger partial charge on any atom is -0.377 e. The van der Waals surface area contributed by atoms with Crippen LogP contribution in [0, 0.1) is 21.4 Å². The van der Waals surface area contributed by atoms with E-state index in [1.54, 1.807) is 12.1 Å². The van der Waals surface area contributed by atoms with E-state index in [-0.39, 0.29) is 17.4 Å². The first-order valence-corrected chi connectivity index (χ1v) is 5.96. The van der Waals surface area contributed by atoms with E-state index in [1.165, 1.54) is 6.07 Å². The highest BCUT2D eigenvalue weighted by molar-refractivity contribution is 5.68. The summed E-state index contributed by atoms with van der Waals surface area (Å²) in [7, 11) is 0. The van der Waals surface area contributed by atoms with Crippen molar-refractivity contribution in [2.45, 2.75) is 6.10 Å². The van der Waals surface area contributed by atoms with Gasteiger partial charge in [0.1, 0.15) is 17.3 Å². The number of rotatable bonds is 4. The molecule has 0 amide bonds. The van der Waals surface area contributed by atoms with Crippen LogP contribution in [0.5, 0.6) is 0 Å². The van der Waals surface area contributed by atoms with Crippen molar-refractivity contribution in [3.05, 3.63) is 33.9 Å². The number of nitriles is 1. The molecule has 0 radical (unpaired) electrons. The van der Waals surface area contributed by atoms with Gasteiger partial charge >= 0.3 is 5.69 Å². The van der Waals surface area contributed by atoms with E-state index >= 15 is 0 Å². The molecule has 1 saturated heterocycles. The van der Waals surface area contributed by atoms with Gasteiger partial charge in [-0.05, 0) is 12.1 Å². The van der Waals surface area contributed by atoms with Crippen LogP contribution in [-0.2, 0) is 4.74 Å². The first kappa shape index (κ1) is 13.3. The summed E-state index contributed by atoms with van der Waals surface area (Å²) < 4.78 is 5.50. The fourth-order valence-corrected chi connectivity index (χ4v) is 1.95. The summed E-state index contributed by atoms with van der Waals surface area (Å²) in [6.07, 6.45) is -0.0286. The Morgan fingerprint density at radius 3 is 3.11 bits per heavy atom. The van der Waals surface area contributed by atoms with E-state index in [4.69, 9.17) is 10.00 Å². The number of nitrogens with zero attached hydrogens (tertiary/aromatic N) is 2. The Kier molecular flexibility index (Phi) is 4.28. The van der Waals surface area contributed by atoms with Crippen molar-refractivity contribution < 1.29 is 9.66 Å². The van der Waals surface area contributed by atoms with Crippen molar-refractivity contribution >= 4 is 11.4 Å². The molecule has 2 rings (SSSR count). The summed E-state index contributed by atoms with van der Waals surface area (Å²) in [6, 6.07) is 6.47. The summed E-state index contributed by atoms with van der Waals surface area (Å²) in [5.74, 6) is 0. The third kappa shape index (κ3) is 3.19. The summed E-state index contributed by atoms with van der Waals surface area (Å²) >= 11 is 0. The number of benzene rings is 1. The fraction of sp³-hybridized carbons (Fsp3) is 0.417. The maximum atomic E-state index is 11.0. The van der Waals surface area contributed by atoms with Crippen LogP contribution >= 0.6 is 0 Å². The molecule has 0 aliphatic carbocycles. The lowest BCUT2D eigenvalue weighted by molar-refractivity contribution is -0.384. The highest BCUT2D eigenvalue weighted by Crippen LogP contribution is 2.27. The van der Waals surface area contributed by atoms with Gasteiger partial charge in [0.25, 0.3) is 0 Å². The van der Waals surface area contributed by atoms with E-state index in [2.05, 4.69) is 10.6 Å². The zero-order chi connectivity index (χ0) is 13.7. The number of nitro groups is 1. The number of ether oxygens (including phenoxy) is 1. The molecule has 1 aliphatic rings. The molecule has 0 saturated carbocycles. The summed E-state index contributed by atoms with van der Waals surface area (Å²) in [5, 5.41) is 26.1. The predicted octanol–water partition coefficient (Wildman–Crippen LogP) is 0.867. The van der Waals surface area contributed by atoms with Crippen LogP contribution in [-0.4, -0.2) is 37.3 Å². The second-order valence-electron chi connectivity index (χ2n) is 4.15. The molecule has 19 heavy (non-hydrogen) atoms. The molecule has 2 N–H and O–H groups in total. The Morgan fingerprint density at radius 1 is 1.63 bits per heavy atom. The average Bonchev–Trinajstić information content (AvgIpc) is 2.45. The first-order valence-electron chi connectivity index (χ1n) is 5.96. The van der Waals surface area contributed by atoms with Crippen LogP contribution < -0.4 is 10.6 Å². The Labute approximate surface area is 110 Å². The summed E-state index contributed by atoms with van der Waals surface area (Å²) in [4.78, 5) is 10.5. The van der Waals surface area contributed by atoms with E-state index in [0.717, 1.165) is 6.54 Å². The van der Waals surface area contributed by atoms with Gasteiger partial charge in [0.05, 0.1) is 17.6 Å². The molecule has 1 heterocycles. The van der Waals surface area contributed by atoms with Crippen molar-refractivity contribution in [3.63, 3.8) is 0 Å². The molecule has 0 spiro atoms. The zero-order valence-electron chi connectivity index (χ0n) is 10.3. The number of para-hydroxylation sites is 1. The van der Waals surface area contributed by atoms with Crippen LogP contribution in [0.3, 0.4) is 0 Å². The minimum atomic E-state index is -0.541. The van der Waals surface area contributed by atoms with Crippen molar-refractivity contribution in [2.75, 3.05) is 31.6 Å². The Hall–Kier alpha value is -2.17. The lowest BCUT2D eigenvalue weighted by Crippen LogP contribution is -2.42. The van der Waals surface area contributed by atoms with E-state index in [0.29, 0.717) is 25.4 Å². The van der Waals surface area contributed by atoms with Gasteiger partial charge < -0.3 is 15.4 Å². The molecule has 1 atom stereocenters. The second kappa shape index (κ2) is 6.13. The molecule has 7 nitrogen and oxygen atoms in total. The molecular formula is C12H14N4O3. The third-order valence-electron chi connectivity index (χ3n) is 2.86. The monoisotopic (exact) mass is 262 g/mol. The van der Waals surface area contributed by atoms with Crippen LogP contribution in [0.25, 0.3) is 0 Å². The number of nitrogens with one attached hydrogen (secondary N) is 2. The highest BCUT2D eigenvalue weighted by atomic mass is 16.6. The minimum absolute atomic E-state index is 0.0286. The largest absolute Gasteiger partial charge is 0.377 e. The molecular weight excluding hydrogens is 248 g/mol. The third-order valence-corrected chi connectivity index (χ3v) is 2.86. The quantitative estimate of drug-likeness (QED) is 0.616. The average molecular weight is 262 g/mol. The number of anilines is 1. The lowest BCUT2D eigenvalue weighted by Gasteiger charge is -2.24. The van der Waals surface area contributed by atoms with E-state index in [1.807, 2.05) is 6.07 Å². The van der Waals surface area contributed by atoms with Gasteiger partial charge in [0.15, 0.2) is 0 Å². The number of hydrogen-bond acceptors (Lipinski definition) is 6. The first-order chi connectivity index (χ1) is 9.22. The van der Waals surface area contributed by atoms with Crippen molar-refractivity contribution in [2.24, 2.45) is 0 Å². The second-order valence-corrected chi connectivity index (χ2v) is 4.15. The molecule has 1 aromatic carbocycles. The van der Waals surface area contributed by atoms with Crippen molar-refractivity contribution in [1.82, 2.24) is 5.32 Å². The number of morpholine rings is 1. The van der Waals surface area contributed by atoms with Crippen molar-refractivity contribution in [1.29, 1.82) is 5.26 Å². The molecule has 1 unspecified atom stereocenters. The van der Waals surface area contributed by atoms with E-state index in [9.17, 15) is 10.1 Å². The van der Waals surface area contributed by atoms with E-state index < -0.39 is 4.92 Å². The summed E-state index contributed by atoms with van der Waals surface area (Å²) in [6.45, 7) is 2.62. The van der Waals surface area contributed by atoms with Crippen LogP contribution in [0.1, 0.15) is 5.56 Å². The van der Waals surface area contributed by atoms with Gasteiger partial charge in [-0.2, -0.15) is 5.26 Å². The maximum absolute atomic E-state index is 11.0. The smallest absolute Gasteiger partial charge is 0.309 e. The van der Waals surface area contributed by atoms with Gasteiger partial charge in [-0.3, -0.25) is 10.1 Å². The van der Waals surface area contributed by atoms with Gasteiger partial charge in [-0.1, -0.05) is 6.07 Å². The Bertz CT molecular complexity index is 506. The topological polar surface area (TPSA) is 100 Å². The van der Waals surface area contributed by atoms with Crippen LogP contribution in [0.4, 0.5) is 11.4 Å². The van der Waals surface area contributed by atoms with Gasteiger partial charge in [-0.25, -0.2) is 0 Å². The molecule has 7 heteroatoms. The fourth-order valence-electron chi connectivity index (χ4n) is 1.95. The SMILES string of the molecule is N#Cc1cccc(NCC2CNCCO2)c1[N+](=O)[O-]. The van der Waals surface area contributed by atoms with Crippen LogP contribution in [0.15, 0.2) is 18.2 Å². The maximum Gasteiger partial charge on any atom is 0.309 e.